The molecule has 0 unspecified atom stereocenters. The Bertz CT molecular complexity index is 806. The summed E-state index contributed by atoms with van der Waals surface area (Å²) in [4.78, 5) is 19.5. The van der Waals surface area contributed by atoms with Crippen LogP contribution in [0.2, 0.25) is 0 Å². The molecular formula is C22H30N6O. The van der Waals surface area contributed by atoms with Crippen molar-refractivity contribution in [2.24, 2.45) is 5.92 Å². The van der Waals surface area contributed by atoms with Crippen LogP contribution in [0.15, 0.2) is 36.4 Å². The second kappa shape index (κ2) is 8.78. The Morgan fingerprint density at radius 3 is 2.21 bits per heavy atom. The predicted octanol–water partition coefficient (Wildman–Crippen LogP) is 2.72. The van der Waals surface area contributed by atoms with Gasteiger partial charge >= 0.3 is 0 Å². The molecule has 2 saturated heterocycles. The lowest BCUT2D eigenvalue weighted by Crippen LogP contribution is -2.44. The molecule has 29 heavy (non-hydrogen) atoms. The molecule has 7 heteroatoms. The summed E-state index contributed by atoms with van der Waals surface area (Å²) >= 11 is 0. The highest BCUT2D eigenvalue weighted by Gasteiger charge is 2.18. The molecule has 2 fully saturated rings. The number of nitrogens with zero attached hydrogens (tertiary/aromatic N) is 5. The summed E-state index contributed by atoms with van der Waals surface area (Å²) in [5.41, 5.74) is 2.29. The van der Waals surface area contributed by atoms with Crippen molar-refractivity contribution in [2.75, 3.05) is 61.4 Å². The van der Waals surface area contributed by atoms with Crippen molar-refractivity contribution >= 4 is 23.1 Å². The van der Waals surface area contributed by atoms with E-state index in [1.54, 1.807) is 6.07 Å². The molecular weight excluding hydrogens is 364 g/mol. The van der Waals surface area contributed by atoms with E-state index in [2.05, 4.69) is 56.3 Å². The zero-order chi connectivity index (χ0) is 20.2. The third kappa shape index (κ3) is 4.85. The van der Waals surface area contributed by atoms with Gasteiger partial charge in [-0.2, -0.15) is 0 Å². The first-order valence-corrected chi connectivity index (χ1v) is 10.5. The molecule has 0 saturated carbocycles. The first kappa shape index (κ1) is 19.6. The van der Waals surface area contributed by atoms with Crippen LogP contribution in [0.4, 0.5) is 17.2 Å². The molecule has 2 aliphatic heterocycles. The molecule has 4 rings (SSSR count). The number of piperidine rings is 1. The quantitative estimate of drug-likeness (QED) is 0.860. The van der Waals surface area contributed by atoms with Crippen LogP contribution in [-0.4, -0.2) is 67.3 Å². The van der Waals surface area contributed by atoms with Crippen LogP contribution in [-0.2, 0) is 0 Å². The second-order valence-electron chi connectivity index (χ2n) is 8.24. The van der Waals surface area contributed by atoms with Gasteiger partial charge in [-0.05, 0) is 62.2 Å². The average Bonchev–Trinajstić information content (AvgIpc) is 2.76. The summed E-state index contributed by atoms with van der Waals surface area (Å²) in [5.74, 6) is 1.39. The van der Waals surface area contributed by atoms with Crippen molar-refractivity contribution in [1.82, 2.24) is 15.1 Å². The summed E-state index contributed by atoms with van der Waals surface area (Å²) < 4.78 is 0. The highest BCUT2D eigenvalue weighted by Crippen LogP contribution is 2.22. The predicted molar refractivity (Wildman–Crippen MR) is 117 cm³/mol. The standard InChI is InChI=1S/C22H30N6O/c1-17-9-11-28(12-10-17)21-8-7-20(24-25-21)22(29)23-18-3-5-19(6-4-18)27-15-13-26(2)14-16-27/h3-8,17H,9-16H2,1-2H3,(H,23,29). The number of piperazine rings is 1. The molecule has 0 bridgehead atoms. The molecule has 1 N–H and O–H groups in total. The van der Waals surface area contributed by atoms with E-state index in [0.717, 1.165) is 56.7 Å². The van der Waals surface area contributed by atoms with Crippen molar-refractivity contribution < 1.29 is 4.79 Å². The van der Waals surface area contributed by atoms with Crippen LogP contribution in [0, 0.1) is 5.92 Å². The molecule has 1 aromatic heterocycles. The van der Waals surface area contributed by atoms with Gasteiger partial charge in [0, 0.05) is 50.6 Å². The van der Waals surface area contributed by atoms with Crippen molar-refractivity contribution in [3.05, 3.63) is 42.1 Å². The Hall–Kier alpha value is -2.67. The molecule has 0 radical (unpaired) electrons. The number of likely N-dealkylation sites (N-methyl/N-ethyl adjacent to an activating group) is 1. The number of rotatable bonds is 4. The molecule has 0 aliphatic carbocycles. The fourth-order valence-electron chi connectivity index (χ4n) is 3.87. The van der Waals surface area contributed by atoms with Crippen molar-refractivity contribution in [1.29, 1.82) is 0 Å². The number of amides is 1. The minimum Gasteiger partial charge on any atom is -0.369 e. The van der Waals surface area contributed by atoms with Crippen LogP contribution < -0.4 is 15.1 Å². The van der Waals surface area contributed by atoms with E-state index in [9.17, 15) is 4.79 Å². The van der Waals surface area contributed by atoms with E-state index in [0.29, 0.717) is 5.69 Å². The van der Waals surface area contributed by atoms with Gasteiger partial charge in [0.1, 0.15) is 0 Å². The van der Waals surface area contributed by atoms with Crippen LogP contribution in [0.3, 0.4) is 0 Å². The van der Waals surface area contributed by atoms with Gasteiger partial charge in [0.15, 0.2) is 11.5 Å². The number of hydrogen-bond donors (Lipinski definition) is 1. The van der Waals surface area contributed by atoms with Crippen LogP contribution >= 0.6 is 0 Å². The summed E-state index contributed by atoms with van der Waals surface area (Å²) in [6.07, 6.45) is 2.35. The first-order valence-electron chi connectivity index (χ1n) is 10.5. The Balaban J connectivity index is 1.34. The van der Waals surface area contributed by atoms with E-state index >= 15 is 0 Å². The molecule has 1 aromatic carbocycles. The largest absolute Gasteiger partial charge is 0.369 e. The minimum absolute atomic E-state index is 0.233. The fourth-order valence-corrected chi connectivity index (χ4v) is 3.87. The molecule has 0 spiro atoms. The highest BCUT2D eigenvalue weighted by atomic mass is 16.1. The van der Waals surface area contributed by atoms with Gasteiger partial charge in [-0.25, -0.2) is 0 Å². The van der Waals surface area contributed by atoms with E-state index in [1.807, 2.05) is 18.2 Å². The number of hydrogen-bond acceptors (Lipinski definition) is 6. The van der Waals surface area contributed by atoms with Gasteiger partial charge in [-0.1, -0.05) is 6.92 Å². The van der Waals surface area contributed by atoms with Gasteiger partial charge in [0.05, 0.1) is 0 Å². The van der Waals surface area contributed by atoms with Gasteiger partial charge in [-0.3, -0.25) is 4.79 Å². The zero-order valence-corrected chi connectivity index (χ0v) is 17.3. The van der Waals surface area contributed by atoms with Crippen molar-refractivity contribution in [3.8, 4) is 0 Å². The summed E-state index contributed by atoms with van der Waals surface area (Å²) in [7, 11) is 2.15. The number of carbonyl (C=O) groups excluding carboxylic acids is 1. The van der Waals surface area contributed by atoms with E-state index in [-0.39, 0.29) is 5.91 Å². The SMILES string of the molecule is CC1CCN(c2ccc(C(=O)Nc3ccc(N4CCN(C)CC4)cc3)nn2)CC1. The van der Waals surface area contributed by atoms with Crippen molar-refractivity contribution in [3.63, 3.8) is 0 Å². The van der Waals surface area contributed by atoms with Gasteiger partial charge < -0.3 is 20.0 Å². The third-order valence-corrected chi connectivity index (χ3v) is 5.98. The molecule has 2 aromatic rings. The van der Waals surface area contributed by atoms with Gasteiger partial charge in [-0.15, -0.1) is 10.2 Å². The summed E-state index contributed by atoms with van der Waals surface area (Å²) in [6, 6.07) is 11.7. The molecule has 3 heterocycles. The first-order chi connectivity index (χ1) is 14.1. The number of carbonyl (C=O) groups is 1. The van der Waals surface area contributed by atoms with Gasteiger partial charge in [0.25, 0.3) is 5.91 Å². The minimum atomic E-state index is -0.233. The maximum Gasteiger partial charge on any atom is 0.276 e. The third-order valence-electron chi connectivity index (χ3n) is 5.98. The highest BCUT2D eigenvalue weighted by molar-refractivity contribution is 6.02. The van der Waals surface area contributed by atoms with Crippen LogP contribution in [0.5, 0.6) is 0 Å². The maximum atomic E-state index is 12.5. The Kier molecular flexibility index (Phi) is 5.94. The lowest BCUT2D eigenvalue weighted by Gasteiger charge is -2.34. The molecule has 7 nitrogen and oxygen atoms in total. The molecule has 1 amide bonds. The second-order valence-corrected chi connectivity index (χ2v) is 8.24. The maximum absolute atomic E-state index is 12.5. The van der Waals surface area contributed by atoms with Crippen LogP contribution in [0.1, 0.15) is 30.3 Å². The molecule has 0 atom stereocenters. The summed E-state index contributed by atoms with van der Waals surface area (Å²) in [5, 5.41) is 11.3. The Morgan fingerprint density at radius 1 is 0.897 bits per heavy atom. The van der Waals surface area contributed by atoms with E-state index < -0.39 is 0 Å². The zero-order valence-electron chi connectivity index (χ0n) is 17.3. The van der Waals surface area contributed by atoms with Crippen LogP contribution in [0.25, 0.3) is 0 Å². The molecule has 154 valence electrons. The number of benzene rings is 1. The Morgan fingerprint density at radius 2 is 1.59 bits per heavy atom. The fraction of sp³-hybridized carbons (Fsp3) is 0.500. The average molecular weight is 395 g/mol. The lowest BCUT2D eigenvalue weighted by atomic mass is 9.99. The molecule has 2 aliphatic rings. The number of anilines is 3. The summed E-state index contributed by atoms with van der Waals surface area (Å²) in [6.45, 7) is 8.49. The smallest absolute Gasteiger partial charge is 0.276 e. The number of nitrogens with one attached hydrogen (secondary N) is 1. The van der Waals surface area contributed by atoms with Crippen molar-refractivity contribution in [2.45, 2.75) is 19.8 Å². The lowest BCUT2D eigenvalue weighted by molar-refractivity contribution is 0.102. The topological polar surface area (TPSA) is 64.6 Å². The number of aromatic nitrogens is 2. The normalized spacial score (nSPS) is 18.7. The van der Waals surface area contributed by atoms with E-state index in [4.69, 9.17) is 0 Å². The van der Waals surface area contributed by atoms with Gasteiger partial charge in [0.2, 0.25) is 0 Å². The Labute approximate surface area is 172 Å². The van der Waals surface area contributed by atoms with E-state index in [1.165, 1.54) is 18.5 Å². The monoisotopic (exact) mass is 394 g/mol.